The average molecular weight is 264 g/mol. The normalized spacial score (nSPS) is 10.4. The Morgan fingerprint density at radius 3 is 2.68 bits per heavy atom. The zero-order chi connectivity index (χ0) is 14.3. The Hall–Kier alpha value is -2.30. The van der Waals surface area contributed by atoms with Crippen molar-refractivity contribution in [2.75, 3.05) is 13.7 Å². The van der Waals surface area contributed by atoms with Crippen molar-refractivity contribution in [2.24, 2.45) is 0 Å². The predicted octanol–water partition coefficient (Wildman–Crippen LogP) is 1.90. The highest BCUT2D eigenvalue weighted by Crippen LogP contribution is 2.21. The Bertz CT molecular complexity index is 491. The maximum absolute atomic E-state index is 11.0. The number of ether oxygens (including phenoxy) is 2. The lowest BCUT2D eigenvalue weighted by Gasteiger charge is -2.09. The third kappa shape index (κ3) is 4.83. The number of carboxylic acids is 1. The van der Waals surface area contributed by atoms with Gasteiger partial charge in [-0.15, -0.1) is 0 Å². The Kier molecular flexibility index (Phi) is 5.60. The van der Waals surface area contributed by atoms with Gasteiger partial charge in [-0.3, -0.25) is 4.79 Å². The number of aliphatic carboxylic acids is 1. The summed E-state index contributed by atoms with van der Waals surface area (Å²) in [4.78, 5) is 21.8. The molecule has 0 amide bonds. The van der Waals surface area contributed by atoms with E-state index in [1.54, 1.807) is 24.3 Å². The minimum Gasteiger partial charge on any atom is -0.494 e. The molecule has 0 unspecified atom stereocenters. The lowest BCUT2D eigenvalue weighted by molar-refractivity contribution is -0.136. The van der Waals surface area contributed by atoms with Crippen LogP contribution in [0.15, 0.2) is 24.3 Å². The molecular weight excluding hydrogens is 248 g/mol. The third-order valence-electron chi connectivity index (χ3n) is 2.34. The minimum atomic E-state index is -0.935. The summed E-state index contributed by atoms with van der Waals surface area (Å²) < 4.78 is 9.85. The molecule has 0 aliphatic rings. The molecule has 0 fully saturated rings. The zero-order valence-electron chi connectivity index (χ0n) is 10.9. The van der Waals surface area contributed by atoms with Gasteiger partial charge in [0.2, 0.25) is 0 Å². The molecule has 0 aliphatic heterocycles. The van der Waals surface area contributed by atoms with E-state index in [1.165, 1.54) is 13.2 Å². The molecule has 0 aromatic heterocycles. The van der Waals surface area contributed by atoms with Crippen LogP contribution < -0.4 is 4.74 Å². The van der Waals surface area contributed by atoms with Crippen LogP contribution >= 0.6 is 0 Å². The number of methoxy groups -OCH3 is 1. The van der Waals surface area contributed by atoms with Crippen molar-refractivity contribution < 1.29 is 24.2 Å². The number of esters is 1. The van der Waals surface area contributed by atoms with Gasteiger partial charge in [-0.2, -0.15) is 0 Å². The summed E-state index contributed by atoms with van der Waals surface area (Å²) in [6.07, 6.45) is 2.71. The topological polar surface area (TPSA) is 72.8 Å². The first-order valence-electron chi connectivity index (χ1n) is 5.80. The highest BCUT2D eigenvalue weighted by atomic mass is 16.5. The molecule has 0 saturated heterocycles. The molecule has 0 bridgehead atoms. The van der Waals surface area contributed by atoms with E-state index in [2.05, 4.69) is 4.74 Å². The van der Waals surface area contributed by atoms with Gasteiger partial charge < -0.3 is 14.6 Å². The van der Waals surface area contributed by atoms with Gasteiger partial charge in [0.25, 0.3) is 0 Å². The molecule has 0 aliphatic carbocycles. The molecule has 0 saturated carbocycles. The molecule has 0 spiro atoms. The molecule has 1 N–H and O–H groups in total. The second kappa shape index (κ2) is 7.20. The van der Waals surface area contributed by atoms with Crippen LogP contribution in [0, 0.1) is 0 Å². The molecular formula is C14H16O5. The number of carboxylic acid groups (broad SMARTS) is 1. The van der Waals surface area contributed by atoms with Crippen molar-refractivity contribution in [1.82, 2.24) is 0 Å². The van der Waals surface area contributed by atoms with Gasteiger partial charge in [0.05, 0.1) is 20.1 Å². The number of hydrogen-bond acceptors (Lipinski definition) is 4. The highest BCUT2D eigenvalue weighted by molar-refractivity contribution is 5.87. The maximum Gasteiger partial charge on any atom is 0.330 e. The van der Waals surface area contributed by atoms with Gasteiger partial charge in [-0.1, -0.05) is 6.07 Å². The van der Waals surface area contributed by atoms with Gasteiger partial charge in [-0.25, -0.2) is 4.79 Å². The van der Waals surface area contributed by atoms with Crippen molar-refractivity contribution >= 4 is 18.0 Å². The number of hydrogen-bond donors (Lipinski definition) is 1. The fourth-order valence-corrected chi connectivity index (χ4v) is 1.53. The van der Waals surface area contributed by atoms with Crippen LogP contribution in [0.3, 0.4) is 0 Å². The van der Waals surface area contributed by atoms with Crippen molar-refractivity contribution in [2.45, 2.75) is 13.3 Å². The molecule has 1 rings (SSSR count). The molecule has 5 nitrogen and oxygen atoms in total. The van der Waals surface area contributed by atoms with E-state index in [0.717, 1.165) is 0 Å². The highest BCUT2D eigenvalue weighted by Gasteiger charge is 2.08. The summed E-state index contributed by atoms with van der Waals surface area (Å²) in [5.41, 5.74) is 1.28. The second-order valence-corrected chi connectivity index (χ2v) is 3.73. The van der Waals surface area contributed by atoms with E-state index in [9.17, 15) is 9.59 Å². The molecule has 0 atom stereocenters. The second-order valence-electron chi connectivity index (χ2n) is 3.73. The smallest absolute Gasteiger partial charge is 0.330 e. The van der Waals surface area contributed by atoms with E-state index >= 15 is 0 Å². The van der Waals surface area contributed by atoms with Crippen LogP contribution in [-0.4, -0.2) is 30.8 Å². The van der Waals surface area contributed by atoms with Gasteiger partial charge in [-0.05, 0) is 30.7 Å². The molecule has 19 heavy (non-hydrogen) atoms. The number of benzene rings is 1. The fourth-order valence-electron chi connectivity index (χ4n) is 1.53. The van der Waals surface area contributed by atoms with Crippen molar-refractivity contribution in [3.63, 3.8) is 0 Å². The largest absolute Gasteiger partial charge is 0.494 e. The summed E-state index contributed by atoms with van der Waals surface area (Å²) in [6, 6.07) is 5.12. The summed E-state index contributed by atoms with van der Waals surface area (Å²) >= 11 is 0. The van der Waals surface area contributed by atoms with Gasteiger partial charge in [0.15, 0.2) is 0 Å². The summed E-state index contributed by atoms with van der Waals surface area (Å²) in [5.74, 6) is -0.858. The van der Waals surface area contributed by atoms with Gasteiger partial charge in [0, 0.05) is 11.6 Å². The van der Waals surface area contributed by atoms with Crippen molar-refractivity contribution in [1.29, 1.82) is 0 Å². The molecule has 102 valence electrons. The van der Waals surface area contributed by atoms with Crippen LogP contribution in [-0.2, 0) is 20.7 Å². The minimum absolute atomic E-state index is 0.130. The Labute approximate surface area is 111 Å². The van der Waals surface area contributed by atoms with Crippen LogP contribution in [0.1, 0.15) is 18.1 Å². The van der Waals surface area contributed by atoms with Crippen molar-refractivity contribution in [3.8, 4) is 5.75 Å². The standard InChI is InChI=1S/C14H16O5/c1-3-19-12-6-4-10(5-7-14(17)18-2)8-11(12)9-13(15)16/h4-8H,3,9H2,1-2H3,(H,15,16)/b7-5+. The quantitative estimate of drug-likeness (QED) is 0.627. The zero-order valence-corrected chi connectivity index (χ0v) is 10.9. The lowest BCUT2D eigenvalue weighted by Crippen LogP contribution is -2.04. The number of carbonyl (C=O) groups excluding carboxylic acids is 1. The first kappa shape index (κ1) is 14.8. The van der Waals surface area contributed by atoms with Gasteiger partial charge in [0.1, 0.15) is 5.75 Å². The van der Waals surface area contributed by atoms with Crippen LogP contribution in [0.5, 0.6) is 5.75 Å². The van der Waals surface area contributed by atoms with Crippen LogP contribution in [0.4, 0.5) is 0 Å². The Balaban J connectivity index is 2.99. The van der Waals surface area contributed by atoms with Crippen molar-refractivity contribution in [3.05, 3.63) is 35.4 Å². The van der Waals surface area contributed by atoms with E-state index in [1.807, 2.05) is 6.92 Å². The number of carbonyl (C=O) groups is 2. The lowest BCUT2D eigenvalue weighted by atomic mass is 10.1. The first-order valence-corrected chi connectivity index (χ1v) is 5.80. The van der Waals surface area contributed by atoms with Crippen LogP contribution in [0.25, 0.3) is 6.08 Å². The van der Waals surface area contributed by atoms with Crippen LogP contribution in [0.2, 0.25) is 0 Å². The number of rotatable bonds is 6. The van der Waals surface area contributed by atoms with E-state index in [-0.39, 0.29) is 6.42 Å². The summed E-state index contributed by atoms with van der Waals surface area (Å²) in [6.45, 7) is 2.29. The molecule has 0 heterocycles. The first-order chi connectivity index (χ1) is 9.06. The molecule has 1 aromatic rings. The SMILES string of the molecule is CCOc1ccc(/C=C/C(=O)OC)cc1CC(=O)O. The fraction of sp³-hybridized carbons (Fsp3) is 0.286. The Morgan fingerprint density at radius 1 is 1.37 bits per heavy atom. The maximum atomic E-state index is 11.0. The van der Waals surface area contributed by atoms with E-state index in [0.29, 0.717) is 23.5 Å². The monoisotopic (exact) mass is 264 g/mol. The summed E-state index contributed by atoms with van der Waals surface area (Å²) in [5, 5.41) is 8.86. The Morgan fingerprint density at radius 2 is 2.11 bits per heavy atom. The molecule has 1 aromatic carbocycles. The van der Waals surface area contributed by atoms with E-state index in [4.69, 9.17) is 9.84 Å². The predicted molar refractivity (Wildman–Crippen MR) is 70.0 cm³/mol. The molecule has 5 heteroatoms. The third-order valence-corrected chi connectivity index (χ3v) is 2.34. The van der Waals surface area contributed by atoms with Gasteiger partial charge >= 0.3 is 11.9 Å². The molecule has 0 radical (unpaired) electrons. The summed E-state index contributed by atoms with van der Waals surface area (Å²) in [7, 11) is 1.29. The van der Waals surface area contributed by atoms with E-state index < -0.39 is 11.9 Å². The average Bonchev–Trinajstić information content (AvgIpc) is 2.38.